The molecule has 0 saturated carbocycles. The minimum absolute atomic E-state index is 0.0310. The van der Waals surface area contributed by atoms with E-state index in [0.717, 1.165) is 47.4 Å². The van der Waals surface area contributed by atoms with E-state index in [1.807, 2.05) is 19.9 Å². The lowest BCUT2D eigenvalue weighted by atomic mass is 9.97. The molecule has 164 valence electrons. The lowest BCUT2D eigenvalue weighted by molar-refractivity contribution is -0.137. The number of fused-ring (bicyclic) bond motifs is 1. The molecule has 1 aromatic heterocycles. The number of nitrogens with zero attached hydrogens (tertiary/aromatic N) is 2. The molecular weight excluding hydrogens is 429 g/mol. The summed E-state index contributed by atoms with van der Waals surface area (Å²) in [4.78, 5) is 22.4. The summed E-state index contributed by atoms with van der Waals surface area (Å²) in [5.41, 5.74) is 3.26. The molecule has 2 heterocycles. The number of rotatable bonds is 2. The number of H-pyrrole nitrogens is 1. The molecule has 0 aliphatic carbocycles. The number of aromatic amines is 1. The second kappa shape index (κ2) is 8.07. The van der Waals surface area contributed by atoms with Crippen molar-refractivity contribution in [1.29, 1.82) is 0 Å². The first-order valence-corrected chi connectivity index (χ1v) is 10.4. The van der Waals surface area contributed by atoms with Gasteiger partial charge >= 0.3 is 12.2 Å². The Morgan fingerprint density at radius 2 is 1.97 bits per heavy atom. The van der Waals surface area contributed by atoms with Crippen molar-refractivity contribution >= 4 is 34.4 Å². The zero-order chi connectivity index (χ0) is 22.3. The number of benzene rings is 2. The summed E-state index contributed by atoms with van der Waals surface area (Å²) < 4.78 is 39.2. The van der Waals surface area contributed by atoms with Crippen LogP contribution in [0.25, 0.3) is 11.0 Å². The van der Waals surface area contributed by atoms with Crippen molar-refractivity contribution in [2.75, 3.05) is 18.4 Å². The smallest absolute Gasteiger partial charge is 0.342 e. The van der Waals surface area contributed by atoms with Crippen molar-refractivity contribution in [1.82, 2.24) is 14.9 Å². The van der Waals surface area contributed by atoms with Crippen LogP contribution < -0.4 is 5.32 Å². The molecule has 1 aliphatic rings. The van der Waals surface area contributed by atoms with E-state index in [2.05, 4.69) is 16.4 Å². The Labute approximate surface area is 182 Å². The average molecular weight is 451 g/mol. The van der Waals surface area contributed by atoms with Crippen LogP contribution in [-0.2, 0) is 6.18 Å². The Bertz CT molecular complexity index is 1100. The number of aryl methyl sites for hydroxylation is 2. The molecule has 5 nitrogen and oxygen atoms in total. The van der Waals surface area contributed by atoms with Gasteiger partial charge in [0.15, 0.2) is 0 Å². The molecule has 1 saturated heterocycles. The van der Waals surface area contributed by atoms with Crippen molar-refractivity contribution in [2.24, 2.45) is 0 Å². The minimum atomic E-state index is -4.59. The summed E-state index contributed by atoms with van der Waals surface area (Å²) in [6, 6.07) is 7.01. The van der Waals surface area contributed by atoms with E-state index in [0.29, 0.717) is 13.1 Å². The number of likely N-dealkylation sites (tertiary alicyclic amines) is 1. The molecule has 2 amide bonds. The molecule has 4 rings (SSSR count). The number of anilines is 1. The first-order chi connectivity index (χ1) is 14.6. The maximum Gasteiger partial charge on any atom is 0.417 e. The second-order valence-electron chi connectivity index (χ2n) is 7.98. The number of alkyl halides is 3. The summed E-state index contributed by atoms with van der Waals surface area (Å²) in [5, 5.41) is 2.16. The monoisotopic (exact) mass is 450 g/mol. The van der Waals surface area contributed by atoms with E-state index in [1.54, 1.807) is 4.90 Å². The number of piperidine rings is 1. The summed E-state index contributed by atoms with van der Waals surface area (Å²) in [6.07, 6.45) is -2.94. The zero-order valence-electron chi connectivity index (χ0n) is 17.1. The van der Waals surface area contributed by atoms with Crippen molar-refractivity contribution in [3.8, 4) is 0 Å². The SMILES string of the molecule is Cc1cc2nc(C3CCCN(C(=O)Nc4ccc(Cl)c(C(F)(F)F)c4)C3)[nH]c2cc1C. The largest absolute Gasteiger partial charge is 0.417 e. The minimum Gasteiger partial charge on any atom is -0.342 e. The first kappa shape index (κ1) is 21.5. The molecule has 1 atom stereocenters. The zero-order valence-corrected chi connectivity index (χ0v) is 17.9. The van der Waals surface area contributed by atoms with Crippen LogP contribution in [0.1, 0.15) is 41.3 Å². The number of halogens is 4. The highest BCUT2D eigenvalue weighted by molar-refractivity contribution is 6.31. The van der Waals surface area contributed by atoms with Gasteiger partial charge in [0.05, 0.1) is 21.6 Å². The van der Waals surface area contributed by atoms with E-state index in [1.165, 1.54) is 11.6 Å². The maximum absolute atomic E-state index is 13.1. The van der Waals surface area contributed by atoms with Gasteiger partial charge in [-0.25, -0.2) is 9.78 Å². The van der Waals surface area contributed by atoms with Crippen LogP contribution in [0, 0.1) is 13.8 Å². The van der Waals surface area contributed by atoms with Crippen molar-refractivity contribution in [3.05, 3.63) is 57.9 Å². The molecular formula is C22H22ClF3N4O. The van der Waals surface area contributed by atoms with Gasteiger partial charge in [-0.05, 0) is 68.1 Å². The normalized spacial score (nSPS) is 17.2. The third kappa shape index (κ3) is 4.49. The first-order valence-electron chi connectivity index (χ1n) is 10.0. The molecule has 3 aromatic rings. The van der Waals surface area contributed by atoms with Gasteiger partial charge in [-0.1, -0.05) is 11.6 Å². The molecule has 0 bridgehead atoms. The molecule has 2 N–H and O–H groups in total. The highest BCUT2D eigenvalue weighted by Gasteiger charge is 2.34. The molecule has 0 radical (unpaired) electrons. The molecule has 1 fully saturated rings. The number of amides is 2. The van der Waals surface area contributed by atoms with E-state index in [4.69, 9.17) is 16.6 Å². The average Bonchev–Trinajstić information content (AvgIpc) is 3.11. The highest BCUT2D eigenvalue weighted by Crippen LogP contribution is 2.36. The van der Waals surface area contributed by atoms with E-state index in [-0.39, 0.29) is 11.6 Å². The number of nitrogens with one attached hydrogen (secondary N) is 2. The summed E-state index contributed by atoms with van der Waals surface area (Å²) >= 11 is 5.65. The van der Waals surface area contributed by atoms with Gasteiger partial charge in [0, 0.05) is 24.7 Å². The number of urea groups is 1. The fourth-order valence-corrected chi connectivity index (χ4v) is 4.11. The van der Waals surface area contributed by atoms with Gasteiger partial charge < -0.3 is 15.2 Å². The fourth-order valence-electron chi connectivity index (χ4n) is 3.89. The Kier molecular flexibility index (Phi) is 5.60. The third-order valence-electron chi connectivity index (χ3n) is 5.73. The molecule has 0 spiro atoms. The number of carbonyl (C=O) groups excluding carboxylic acids is 1. The fraction of sp³-hybridized carbons (Fsp3) is 0.364. The van der Waals surface area contributed by atoms with Crippen LogP contribution in [0.3, 0.4) is 0 Å². The number of hydrogen-bond acceptors (Lipinski definition) is 2. The van der Waals surface area contributed by atoms with Gasteiger partial charge in [-0.15, -0.1) is 0 Å². The van der Waals surface area contributed by atoms with Gasteiger partial charge in [-0.2, -0.15) is 13.2 Å². The van der Waals surface area contributed by atoms with Crippen LogP contribution in [0.15, 0.2) is 30.3 Å². The van der Waals surface area contributed by atoms with Crippen LogP contribution >= 0.6 is 11.6 Å². The Hall–Kier alpha value is -2.74. The van der Waals surface area contributed by atoms with Gasteiger partial charge in [0.1, 0.15) is 5.82 Å². The van der Waals surface area contributed by atoms with Crippen molar-refractivity contribution in [3.63, 3.8) is 0 Å². The quantitative estimate of drug-likeness (QED) is 0.483. The predicted octanol–water partition coefficient (Wildman–Crippen LogP) is 6.26. The molecule has 1 aliphatic heterocycles. The Balaban J connectivity index is 1.49. The third-order valence-corrected chi connectivity index (χ3v) is 6.06. The van der Waals surface area contributed by atoms with Crippen LogP contribution in [-0.4, -0.2) is 34.0 Å². The van der Waals surface area contributed by atoms with Crippen LogP contribution in [0.2, 0.25) is 5.02 Å². The highest BCUT2D eigenvalue weighted by atomic mass is 35.5. The second-order valence-corrected chi connectivity index (χ2v) is 8.39. The van der Waals surface area contributed by atoms with Gasteiger partial charge in [0.25, 0.3) is 0 Å². The number of aromatic nitrogens is 2. The number of imidazole rings is 1. The van der Waals surface area contributed by atoms with Gasteiger partial charge in [0.2, 0.25) is 0 Å². The lowest BCUT2D eigenvalue weighted by Gasteiger charge is -2.32. The number of carbonyl (C=O) groups is 1. The van der Waals surface area contributed by atoms with E-state index >= 15 is 0 Å². The summed E-state index contributed by atoms with van der Waals surface area (Å²) in [7, 11) is 0. The predicted molar refractivity (Wildman–Crippen MR) is 115 cm³/mol. The van der Waals surface area contributed by atoms with Gasteiger partial charge in [-0.3, -0.25) is 0 Å². The molecule has 31 heavy (non-hydrogen) atoms. The molecule has 1 unspecified atom stereocenters. The Morgan fingerprint density at radius 1 is 1.23 bits per heavy atom. The standard InChI is InChI=1S/C22H22ClF3N4O/c1-12-8-18-19(9-13(12)2)29-20(28-18)14-4-3-7-30(11-14)21(31)27-15-5-6-17(23)16(10-15)22(24,25)26/h5-6,8-10,14H,3-4,7,11H2,1-2H3,(H,27,31)(H,28,29). The van der Waals surface area contributed by atoms with E-state index < -0.39 is 22.8 Å². The van der Waals surface area contributed by atoms with Crippen LogP contribution in [0.4, 0.5) is 23.7 Å². The topological polar surface area (TPSA) is 61.0 Å². The Morgan fingerprint density at radius 3 is 2.71 bits per heavy atom. The molecule has 2 aromatic carbocycles. The maximum atomic E-state index is 13.1. The summed E-state index contributed by atoms with van der Waals surface area (Å²) in [6.45, 7) is 5.05. The van der Waals surface area contributed by atoms with E-state index in [9.17, 15) is 18.0 Å². The van der Waals surface area contributed by atoms with Crippen molar-refractivity contribution < 1.29 is 18.0 Å². The number of hydrogen-bond donors (Lipinski definition) is 2. The van der Waals surface area contributed by atoms with Crippen molar-refractivity contribution in [2.45, 2.75) is 38.8 Å². The lowest BCUT2D eigenvalue weighted by Crippen LogP contribution is -2.41. The molecule has 9 heteroatoms. The van der Waals surface area contributed by atoms with Crippen LogP contribution in [0.5, 0.6) is 0 Å². The summed E-state index contributed by atoms with van der Waals surface area (Å²) in [5.74, 6) is 0.854.